The molecule has 0 bridgehead atoms. The summed E-state index contributed by atoms with van der Waals surface area (Å²) in [6, 6.07) is 10.7. The van der Waals surface area contributed by atoms with Crippen molar-refractivity contribution in [3.8, 4) is 11.5 Å². The van der Waals surface area contributed by atoms with Gasteiger partial charge in [0.05, 0.1) is 16.3 Å². The van der Waals surface area contributed by atoms with Crippen LogP contribution in [0.1, 0.15) is 31.8 Å². The Morgan fingerprint density at radius 3 is 2.07 bits per heavy atom. The predicted molar refractivity (Wildman–Crippen MR) is 110 cm³/mol. The molecule has 0 aromatic heterocycles. The Balaban J connectivity index is 1.85. The molecule has 30 heavy (non-hydrogen) atoms. The Kier molecular flexibility index (Phi) is 4.73. The molecule has 3 aromatic carbocycles. The van der Waals surface area contributed by atoms with E-state index in [4.69, 9.17) is 23.2 Å². The zero-order chi connectivity index (χ0) is 21.8. The standard InChI is InChI=1S/C20H11Cl2NO6S/c21-9-5-6-15(13(22)7-9)30(28,29)23-14-8-12-16(20(27)19(14)26)18(25)11-4-2-1-3-10(11)17(12)24/h1-8,23,26-27H. The highest BCUT2D eigenvalue weighted by molar-refractivity contribution is 7.92. The smallest absolute Gasteiger partial charge is 0.263 e. The lowest BCUT2D eigenvalue weighted by Gasteiger charge is -2.21. The van der Waals surface area contributed by atoms with E-state index in [1.54, 1.807) is 12.1 Å². The van der Waals surface area contributed by atoms with Gasteiger partial charge < -0.3 is 10.2 Å². The zero-order valence-corrected chi connectivity index (χ0v) is 17.1. The minimum Gasteiger partial charge on any atom is -0.504 e. The second-order valence-corrected chi connectivity index (χ2v) is 8.92. The summed E-state index contributed by atoms with van der Waals surface area (Å²) in [5.74, 6) is -3.06. The average Bonchev–Trinajstić information content (AvgIpc) is 2.69. The van der Waals surface area contributed by atoms with Gasteiger partial charge in [-0.25, -0.2) is 8.42 Å². The number of carbonyl (C=O) groups excluding carboxylic acids is 2. The fraction of sp³-hybridized carbons (Fsp3) is 0. The van der Waals surface area contributed by atoms with Gasteiger partial charge in [0.2, 0.25) is 0 Å². The monoisotopic (exact) mass is 463 g/mol. The maximum Gasteiger partial charge on any atom is 0.263 e. The van der Waals surface area contributed by atoms with Crippen LogP contribution in [0.3, 0.4) is 0 Å². The van der Waals surface area contributed by atoms with Gasteiger partial charge in [-0.05, 0) is 24.3 Å². The number of sulfonamides is 1. The zero-order valence-electron chi connectivity index (χ0n) is 14.8. The van der Waals surface area contributed by atoms with Gasteiger partial charge in [0.1, 0.15) is 4.90 Å². The molecule has 1 aliphatic rings. The van der Waals surface area contributed by atoms with Crippen LogP contribution in [0.2, 0.25) is 10.0 Å². The number of phenols is 2. The first-order chi connectivity index (χ1) is 14.1. The molecule has 3 aromatic rings. The first kappa shape index (κ1) is 20.2. The Morgan fingerprint density at radius 1 is 0.800 bits per heavy atom. The number of rotatable bonds is 3. The Bertz CT molecular complexity index is 1370. The minimum absolute atomic E-state index is 0.0750. The van der Waals surface area contributed by atoms with E-state index in [-0.39, 0.29) is 31.6 Å². The van der Waals surface area contributed by atoms with E-state index in [9.17, 15) is 28.2 Å². The summed E-state index contributed by atoms with van der Waals surface area (Å²) >= 11 is 11.7. The lowest BCUT2D eigenvalue weighted by molar-refractivity contribution is 0.0976. The van der Waals surface area contributed by atoms with Crippen LogP contribution in [0.4, 0.5) is 5.69 Å². The van der Waals surface area contributed by atoms with Crippen LogP contribution < -0.4 is 4.72 Å². The van der Waals surface area contributed by atoms with E-state index in [1.165, 1.54) is 24.3 Å². The number of phenolic OH excluding ortho intramolecular Hbond substituents is 2. The molecular formula is C20H11Cl2NO6S. The van der Waals surface area contributed by atoms with Crippen molar-refractivity contribution in [2.75, 3.05) is 4.72 Å². The predicted octanol–water partition coefficient (Wildman–Crippen LogP) is 3.98. The topological polar surface area (TPSA) is 121 Å². The number of aromatic hydroxyl groups is 2. The summed E-state index contributed by atoms with van der Waals surface area (Å²) in [6.45, 7) is 0. The number of anilines is 1. The number of nitrogens with one attached hydrogen (secondary N) is 1. The molecule has 1 aliphatic carbocycles. The fourth-order valence-electron chi connectivity index (χ4n) is 3.20. The molecule has 7 nitrogen and oxygen atoms in total. The van der Waals surface area contributed by atoms with Gasteiger partial charge in [0.25, 0.3) is 10.0 Å². The van der Waals surface area contributed by atoms with Crippen molar-refractivity contribution in [1.82, 2.24) is 0 Å². The largest absolute Gasteiger partial charge is 0.504 e. The van der Waals surface area contributed by atoms with E-state index >= 15 is 0 Å². The number of hydrogen-bond donors (Lipinski definition) is 3. The minimum atomic E-state index is -4.33. The second-order valence-electron chi connectivity index (χ2n) is 6.43. The molecule has 0 radical (unpaired) electrons. The van der Waals surface area contributed by atoms with Crippen LogP contribution in [0.15, 0.2) is 53.4 Å². The molecule has 0 saturated heterocycles. The molecule has 152 valence electrons. The lowest BCUT2D eigenvalue weighted by Crippen LogP contribution is -2.22. The maximum atomic E-state index is 12.8. The van der Waals surface area contributed by atoms with Crippen LogP contribution in [0.25, 0.3) is 0 Å². The summed E-state index contributed by atoms with van der Waals surface area (Å²) in [4.78, 5) is 25.2. The van der Waals surface area contributed by atoms with Crippen LogP contribution in [-0.4, -0.2) is 30.2 Å². The lowest BCUT2D eigenvalue weighted by atomic mass is 9.83. The van der Waals surface area contributed by atoms with Crippen molar-refractivity contribution < 1.29 is 28.2 Å². The van der Waals surface area contributed by atoms with Crippen molar-refractivity contribution in [2.45, 2.75) is 4.90 Å². The van der Waals surface area contributed by atoms with Gasteiger partial charge in [-0.2, -0.15) is 0 Å². The van der Waals surface area contributed by atoms with Crippen molar-refractivity contribution in [3.63, 3.8) is 0 Å². The van der Waals surface area contributed by atoms with Gasteiger partial charge >= 0.3 is 0 Å². The molecule has 4 rings (SSSR count). The van der Waals surface area contributed by atoms with Crippen molar-refractivity contribution >= 4 is 50.5 Å². The molecule has 0 heterocycles. The van der Waals surface area contributed by atoms with Crippen LogP contribution in [0, 0.1) is 0 Å². The van der Waals surface area contributed by atoms with Crippen LogP contribution >= 0.6 is 23.2 Å². The third kappa shape index (κ3) is 3.09. The summed E-state index contributed by atoms with van der Waals surface area (Å²) < 4.78 is 27.5. The first-order valence-corrected chi connectivity index (χ1v) is 10.6. The van der Waals surface area contributed by atoms with E-state index in [0.29, 0.717) is 0 Å². The summed E-state index contributed by atoms with van der Waals surface area (Å²) in [6.07, 6.45) is 0. The summed E-state index contributed by atoms with van der Waals surface area (Å²) in [7, 11) is -4.33. The normalized spacial score (nSPS) is 13.0. The Hall–Kier alpha value is -3.07. The Labute approximate surface area is 180 Å². The highest BCUT2D eigenvalue weighted by Crippen LogP contribution is 2.43. The van der Waals surface area contributed by atoms with Gasteiger partial charge in [-0.1, -0.05) is 47.5 Å². The number of halogens is 2. The molecule has 0 atom stereocenters. The SMILES string of the molecule is O=C1c2ccccc2C(=O)c2c1cc(NS(=O)(=O)c1ccc(Cl)cc1Cl)c(O)c2O. The molecule has 3 N–H and O–H groups in total. The van der Waals surface area contributed by atoms with Gasteiger partial charge in [0.15, 0.2) is 23.1 Å². The highest BCUT2D eigenvalue weighted by atomic mass is 35.5. The van der Waals surface area contributed by atoms with Crippen LogP contribution in [0.5, 0.6) is 11.5 Å². The quantitative estimate of drug-likeness (QED) is 0.395. The molecule has 0 aliphatic heterocycles. The molecule has 0 unspecified atom stereocenters. The van der Waals surface area contributed by atoms with E-state index < -0.39 is 44.3 Å². The van der Waals surface area contributed by atoms with E-state index in [1.807, 2.05) is 0 Å². The number of carbonyl (C=O) groups is 2. The second kappa shape index (κ2) is 7.02. The molecule has 0 spiro atoms. The van der Waals surface area contributed by atoms with Gasteiger partial charge in [-0.3, -0.25) is 14.3 Å². The number of fused-ring (bicyclic) bond motifs is 2. The van der Waals surface area contributed by atoms with Gasteiger partial charge in [-0.15, -0.1) is 0 Å². The van der Waals surface area contributed by atoms with Crippen molar-refractivity contribution in [3.05, 3.63) is 80.8 Å². The van der Waals surface area contributed by atoms with Gasteiger partial charge in [0, 0.05) is 21.7 Å². The summed E-state index contributed by atoms with van der Waals surface area (Å²) in [5, 5.41) is 20.8. The Morgan fingerprint density at radius 2 is 1.43 bits per heavy atom. The summed E-state index contributed by atoms with van der Waals surface area (Å²) in [5.41, 5.74) is -0.948. The highest BCUT2D eigenvalue weighted by Gasteiger charge is 2.35. The molecule has 0 amide bonds. The molecule has 10 heteroatoms. The molecular weight excluding hydrogens is 453 g/mol. The van der Waals surface area contributed by atoms with Crippen molar-refractivity contribution in [1.29, 1.82) is 0 Å². The van der Waals surface area contributed by atoms with E-state index in [0.717, 1.165) is 12.1 Å². The number of ketones is 2. The maximum absolute atomic E-state index is 12.8. The average molecular weight is 464 g/mol. The first-order valence-electron chi connectivity index (χ1n) is 8.37. The van der Waals surface area contributed by atoms with Crippen LogP contribution in [-0.2, 0) is 10.0 Å². The van der Waals surface area contributed by atoms with Crippen molar-refractivity contribution in [2.24, 2.45) is 0 Å². The number of benzene rings is 3. The molecule has 0 saturated carbocycles. The third-order valence-corrected chi connectivity index (χ3v) is 6.67. The fourth-order valence-corrected chi connectivity index (χ4v) is 5.03. The molecule has 0 fully saturated rings. The van der Waals surface area contributed by atoms with E-state index in [2.05, 4.69) is 4.72 Å². The third-order valence-electron chi connectivity index (χ3n) is 4.59. The number of hydrogen-bond acceptors (Lipinski definition) is 6.